The molecular formula is C7H9NO5S2. The Morgan fingerprint density at radius 1 is 1.60 bits per heavy atom. The van der Waals surface area contributed by atoms with E-state index in [9.17, 15) is 13.2 Å². The number of nitrogens with one attached hydrogen (secondary N) is 1. The number of aromatic carboxylic acids is 1. The van der Waals surface area contributed by atoms with Gasteiger partial charge in [0.1, 0.15) is 9.09 Å². The molecule has 84 valence electrons. The molecule has 0 unspecified atom stereocenters. The molecule has 1 heterocycles. The normalized spacial score (nSPS) is 11.5. The monoisotopic (exact) mass is 251 g/mol. The Bertz CT molecular complexity index is 450. The minimum absolute atomic E-state index is 0.0353. The van der Waals surface area contributed by atoms with Crippen LogP contribution in [0.3, 0.4) is 0 Å². The van der Waals surface area contributed by atoms with Gasteiger partial charge in [0.15, 0.2) is 0 Å². The highest BCUT2D eigenvalue weighted by molar-refractivity contribution is 7.91. The minimum atomic E-state index is -3.75. The summed E-state index contributed by atoms with van der Waals surface area (Å²) in [4.78, 5) is 16.9. The fraction of sp³-hybridized carbons (Fsp3) is 0.286. The molecule has 1 rings (SSSR count). The second kappa shape index (κ2) is 4.71. The number of thiophene rings is 1. The SMILES string of the molecule is CCONS(=O)(=O)c1ccc(C(=O)O)s1. The van der Waals surface area contributed by atoms with Gasteiger partial charge in [-0.1, -0.05) is 4.89 Å². The lowest BCUT2D eigenvalue weighted by atomic mass is 10.5. The van der Waals surface area contributed by atoms with Gasteiger partial charge in [0.25, 0.3) is 10.0 Å². The summed E-state index contributed by atoms with van der Waals surface area (Å²) in [7, 11) is -3.75. The van der Waals surface area contributed by atoms with E-state index in [1.165, 1.54) is 12.1 Å². The topological polar surface area (TPSA) is 92.7 Å². The fourth-order valence-corrected chi connectivity index (χ4v) is 2.75. The van der Waals surface area contributed by atoms with Gasteiger partial charge in [-0.15, -0.1) is 11.3 Å². The van der Waals surface area contributed by atoms with Crippen LogP contribution in [0.2, 0.25) is 0 Å². The number of carboxylic acid groups (broad SMARTS) is 1. The van der Waals surface area contributed by atoms with E-state index in [2.05, 4.69) is 4.84 Å². The first kappa shape index (κ1) is 12.1. The first-order valence-electron chi connectivity index (χ1n) is 3.94. The Hall–Kier alpha value is -0.960. The van der Waals surface area contributed by atoms with Gasteiger partial charge < -0.3 is 5.11 Å². The van der Waals surface area contributed by atoms with Crippen molar-refractivity contribution in [3.8, 4) is 0 Å². The van der Waals surface area contributed by atoms with Gasteiger partial charge in [0, 0.05) is 0 Å². The third-order valence-electron chi connectivity index (χ3n) is 1.37. The third kappa shape index (κ3) is 2.99. The van der Waals surface area contributed by atoms with Crippen molar-refractivity contribution >= 4 is 27.3 Å². The Morgan fingerprint density at radius 3 is 2.73 bits per heavy atom. The van der Waals surface area contributed by atoms with Crippen molar-refractivity contribution in [2.24, 2.45) is 0 Å². The Labute approximate surface area is 90.5 Å². The summed E-state index contributed by atoms with van der Waals surface area (Å²) >= 11 is 0.668. The summed E-state index contributed by atoms with van der Waals surface area (Å²) in [5.41, 5.74) is 0. The summed E-state index contributed by atoms with van der Waals surface area (Å²) in [5, 5.41) is 8.60. The smallest absolute Gasteiger partial charge is 0.345 e. The number of carboxylic acids is 1. The van der Waals surface area contributed by atoms with Crippen LogP contribution in [0.15, 0.2) is 16.3 Å². The van der Waals surface area contributed by atoms with Crippen molar-refractivity contribution in [2.75, 3.05) is 6.61 Å². The highest BCUT2D eigenvalue weighted by Crippen LogP contribution is 2.21. The molecule has 8 heteroatoms. The zero-order chi connectivity index (χ0) is 11.5. The molecule has 0 aliphatic carbocycles. The molecular weight excluding hydrogens is 242 g/mol. The molecule has 0 bridgehead atoms. The predicted molar refractivity (Wildman–Crippen MR) is 53.2 cm³/mol. The quantitative estimate of drug-likeness (QED) is 0.750. The van der Waals surface area contributed by atoms with E-state index >= 15 is 0 Å². The lowest BCUT2D eigenvalue weighted by Crippen LogP contribution is -2.23. The molecule has 0 aliphatic rings. The van der Waals surface area contributed by atoms with Crippen molar-refractivity contribution in [3.05, 3.63) is 17.0 Å². The Balaban J connectivity index is 2.91. The van der Waals surface area contributed by atoms with Crippen molar-refractivity contribution in [1.29, 1.82) is 0 Å². The van der Waals surface area contributed by atoms with E-state index in [1.807, 2.05) is 4.89 Å². The van der Waals surface area contributed by atoms with Crippen molar-refractivity contribution in [3.63, 3.8) is 0 Å². The van der Waals surface area contributed by atoms with Crippen LogP contribution in [0.5, 0.6) is 0 Å². The van der Waals surface area contributed by atoms with Crippen molar-refractivity contribution < 1.29 is 23.2 Å². The maximum Gasteiger partial charge on any atom is 0.345 e. The lowest BCUT2D eigenvalue weighted by molar-refractivity contribution is 0.0702. The predicted octanol–water partition coefficient (Wildman–Crippen LogP) is 0.676. The molecule has 1 aromatic heterocycles. The standard InChI is InChI=1S/C7H9NO5S2/c1-2-13-8-15(11,12)6-4-3-5(14-6)7(9)10/h3-4,8H,2H2,1H3,(H,9,10). The van der Waals surface area contributed by atoms with E-state index in [1.54, 1.807) is 6.92 Å². The molecule has 1 aromatic rings. The first-order chi connectivity index (χ1) is 6.97. The molecule has 0 radical (unpaired) electrons. The Kier molecular flexibility index (Phi) is 3.80. The second-order valence-corrected chi connectivity index (χ2v) is 5.40. The molecule has 0 saturated carbocycles. The molecule has 15 heavy (non-hydrogen) atoms. The van der Waals surface area contributed by atoms with Crippen LogP contribution in [-0.4, -0.2) is 26.1 Å². The molecule has 0 aliphatic heterocycles. The summed E-state index contributed by atoms with van der Waals surface area (Å²) in [6.45, 7) is 1.82. The number of hydrogen-bond donors (Lipinski definition) is 2. The van der Waals surface area contributed by atoms with E-state index in [0.717, 1.165) is 0 Å². The largest absolute Gasteiger partial charge is 0.477 e. The zero-order valence-corrected chi connectivity index (χ0v) is 9.39. The van der Waals surface area contributed by atoms with E-state index in [0.29, 0.717) is 11.3 Å². The van der Waals surface area contributed by atoms with Gasteiger partial charge in [-0.3, -0.25) is 4.84 Å². The zero-order valence-electron chi connectivity index (χ0n) is 7.76. The van der Waals surface area contributed by atoms with Crippen LogP contribution in [0.25, 0.3) is 0 Å². The molecule has 0 saturated heterocycles. The highest BCUT2D eigenvalue weighted by atomic mass is 32.2. The average Bonchev–Trinajstić information content (AvgIpc) is 2.64. The molecule has 6 nitrogen and oxygen atoms in total. The summed E-state index contributed by atoms with van der Waals surface area (Å²) in [5.74, 6) is -1.15. The summed E-state index contributed by atoms with van der Waals surface area (Å²) in [6.07, 6.45) is 0. The lowest BCUT2D eigenvalue weighted by Gasteiger charge is -2.01. The molecule has 0 aromatic carbocycles. The van der Waals surface area contributed by atoms with E-state index in [-0.39, 0.29) is 15.7 Å². The molecule has 0 spiro atoms. The van der Waals surface area contributed by atoms with Gasteiger partial charge in [0.05, 0.1) is 6.61 Å². The highest BCUT2D eigenvalue weighted by Gasteiger charge is 2.18. The van der Waals surface area contributed by atoms with Crippen LogP contribution in [-0.2, 0) is 14.9 Å². The number of hydrogen-bond acceptors (Lipinski definition) is 5. The average molecular weight is 251 g/mol. The van der Waals surface area contributed by atoms with Crippen LogP contribution < -0.4 is 4.89 Å². The maximum atomic E-state index is 11.4. The third-order valence-corrected chi connectivity index (χ3v) is 4.15. The molecule has 0 amide bonds. The van der Waals surface area contributed by atoms with Crippen molar-refractivity contribution in [1.82, 2.24) is 4.89 Å². The fourth-order valence-electron chi connectivity index (χ4n) is 0.757. The van der Waals surface area contributed by atoms with Crippen LogP contribution in [0.1, 0.15) is 16.6 Å². The van der Waals surface area contributed by atoms with E-state index < -0.39 is 16.0 Å². The minimum Gasteiger partial charge on any atom is -0.477 e. The molecule has 0 fully saturated rings. The van der Waals surface area contributed by atoms with Gasteiger partial charge >= 0.3 is 5.97 Å². The van der Waals surface area contributed by atoms with E-state index in [4.69, 9.17) is 5.11 Å². The first-order valence-corrected chi connectivity index (χ1v) is 6.24. The molecule has 2 N–H and O–H groups in total. The van der Waals surface area contributed by atoms with Crippen LogP contribution in [0.4, 0.5) is 0 Å². The molecule has 0 atom stereocenters. The number of sulfonamides is 1. The number of rotatable bonds is 5. The summed E-state index contributed by atoms with van der Waals surface area (Å²) < 4.78 is 22.7. The van der Waals surface area contributed by atoms with Gasteiger partial charge in [0.2, 0.25) is 0 Å². The summed E-state index contributed by atoms with van der Waals surface area (Å²) in [6, 6.07) is 2.45. The maximum absolute atomic E-state index is 11.4. The second-order valence-electron chi connectivity index (χ2n) is 2.44. The van der Waals surface area contributed by atoms with Gasteiger partial charge in [-0.05, 0) is 19.1 Å². The van der Waals surface area contributed by atoms with Gasteiger partial charge in [-0.25, -0.2) is 13.2 Å². The van der Waals surface area contributed by atoms with Crippen molar-refractivity contribution in [2.45, 2.75) is 11.1 Å². The van der Waals surface area contributed by atoms with Crippen LogP contribution in [0, 0.1) is 0 Å². The van der Waals surface area contributed by atoms with Crippen LogP contribution >= 0.6 is 11.3 Å². The Morgan fingerprint density at radius 2 is 2.27 bits per heavy atom. The number of carbonyl (C=O) groups is 1. The van der Waals surface area contributed by atoms with Gasteiger partial charge in [-0.2, -0.15) is 0 Å².